The first kappa shape index (κ1) is 14.3. The number of hydrogen-bond acceptors (Lipinski definition) is 1. The number of rotatable bonds is 5. The van der Waals surface area contributed by atoms with Crippen molar-refractivity contribution in [2.24, 2.45) is 0 Å². The fourth-order valence-electron chi connectivity index (χ4n) is 1.79. The number of nitrogens with one attached hydrogen (secondary N) is 1. The van der Waals surface area contributed by atoms with Crippen LogP contribution < -0.4 is 5.32 Å². The van der Waals surface area contributed by atoms with E-state index in [2.05, 4.69) is 11.2 Å². The standard InChI is InChI=1S/C16H21NO/c1-5-10-14(6-2)17-15(18)16(3,4)13-11-8-7-9-12-13/h1,7-9,11-12,14H,6,10H2,2-4H3,(H,17,18). The average molecular weight is 243 g/mol. The molecule has 1 rings (SSSR count). The van der Waals surface area contributed by atoms with Crippen molar-refractivity contribution in [3.63, 3.8) is 0 Å². The maximum Gasteiger partial charge on any atom is 0.230 e. The summed E-state index contributed by atoms with van der Waals surface area (Å²) in [6.45, 7) is 5.89. The molecule has 2 heteroatoms. The van der Waals surface area contributed by atoms with Gasteiger partial charge in [0.15, 0.2) is 0 Å². The van der Waals surface area contributed by atoms with Crippen molar-refractivity contribution in [2.45, 2.75) is 45.1 Å². The van der Waals surface area contributed by atoms with Gasteiger partial charge in [-0.1, -0.05) is 37.3 Å². The van der Waals surface area contributed by atoms with Gasteiger partial charge < -0.3 is 5.32 Å². The van der Waals surface area contributed by atoms with E-state index in [0.717, 1.165) is 12.0 Å². The Bertz CT molecular complexity index is 428. The molecule has 1 aromatic carbocycles. The largest absolute Gasteiger partial charge is 0.352 e. The van der Waals surface area contributed by atoms with Crippen LogP contribution in [0.3, 0.4) is 0 Å². The molecule has 1 amide bonds. The molecule has 0 heterocycles. The molecule has 0 aromatic heterocycles. The molecule has 18 heavy (non-hydrogen) atoms. The first-order valence-electron chi connectivity index (χ1n) is 6.32. The number of carbonyl (C=O) groups excluding carboxylic acids is 1. The summed E-state index contributed by atoms with van der Waals surface area (Å²) in [5.74, 6) is 2.62. The van der Waals surface area contributed by atoms with E-state index in [1.165, 1.54) is 0 Å². The minimum Gasteiger partial charge on any atom is -0.352 e. The van der Waals surface area contributed by atoms with Gasteiger partial charge in [-0.15, -0.1) is 12.3 Å². The number of terminal acetylenes is 1. The van der Waals surface area contributed by atoms with Crippen molar-refractivity contribution in [3.8, 4) is 12.3 Å². The van der Waals surface area contributed by atoms with Crippen LogP contribution in [0.5, 0.6) is 0 Å². The summed E-state index contributed by atoms with van der Waals surface area (Å²) in [6, 6.07) is 9.85. The monoisotopic (exact) mass is 243 g/mol. The lowest BCUT2D eigenvalue weighted by Gasteiger charge is -2.26. The molecule has 0 radical (unpaired) electrons. The third-order valence-electron chi connectivity index (χ3n) is 3.26. The maximum absolute atomic E-state index is 12.3. The van der Waals surface area contributed by atoms with Crippen molar-refractivity contribution >= 4 is 5.91 Å². The van der Waals surface area contributed by atoms with Gasteiger partial charge in [-0.3, -0.25) is 4.79 Å². The summed E-state index contributed by atoms with van der Waals surface area (Å²) in [4.78, 5) is 12.3. The van der Waals surface area contributed by atoms with E-state index in [-0.39, 0.29) is 11.9 Å². The molecule has 0 aliphatic carbocycles. The van der Waals surface area contributed by atoms with Crippen LogP contribution in [0.25, 0.3) is 0 Å². The Labute approximate surface area is 110 Å². The fourth-order valence-corrected chi connectivity index (χ4v) is 1.79. The molecular weight excluding hydrogens is 222 g/mol. The van der Waals surface area contributed by atoms with Crippen LogP contribution in [0.4, 0.5) is 0 Å². The molecule has 0 saturated heterocycles. The van der Waals surface area contributed by atoms with E-state index in [1.54, 1.807) is 0 Å². The Kier molecular flexibility index (Phi) is 4.97. The summed E-state index contributed by atoms with van der Waals surface area (Å²) in [5.41, 5.74) is 0.474. The zero-order valence-corrected chi connectivity index (χ0v) is 11.4. The highest BCUT2D eigenvalue weighted by Crippen LogP contribution is 2.23. The number of carbonyl (C=O) groups is 1. The van der Waals surface area contributed by atoms with Crippen LogP contribution in [-0.4, -0.2) is 11.9 Å². The van der Waals surface area contributed by atoms with Crippen LogP contribution in [0, 0.1) is 12.3 Å². The maximum atomic E-state index is 12.3. The predicted molar refractivity (Wildman–Crippen MR) is 75.1 cm³/mol. The first-order chi connectivity index (χ1) is 8.52. The van der Waals surface area contributed by atoms with Gasteiger partial charge in [0, 0.05) is 12.5 Å². The number of hydrogen-bond donors (Lipinski definition) is 1. The van der Waals surface area contributed by atoms with Crippen LogP contribution in [-0.2, 0) is 10.2 Å². The predicted octanol–water partition coefficient (Wildman–Crippen LogP) is 2.88. The first-order valence-corrected chi connectivity index (χ1v) is 6.32. The van der Waals surface area contributed by atoms with Gasteiger partial charge in [-0.2, -0.15) is 0 Å². The normalized spacial score (nSPS) is 12.6. The smallest absolute Gasteiger partial charge is 0.230 e. The lowest BCUT2D eigenvalue weighted by Crippen LogP contribution is -2.44. The minimum atomic E-state index is -0.538. The van der Waals surface area contributed by atoms with E-state index in [0.29, 0.717) is 6.42 Å². The van der Waals surface area contributed by atoms with Crippen LogP contribution in [0.15, 0.2) is 30.3 Å². The summed E-state index contributed by atoms with van der Waals surface area (Å²) in [6.07, 6.45) is 6.72. The van der Waals surface area contributed by atoms with Gasteiger partial charge in [0.2, 0.25) is 5.91 Å². The molecule has 0 bridgehead atoms. The molecule has 0 spiro atoms. The highest BCUT2D eigenvalue weighted by atomic mass is 16.2. The van der Waals surface area contributed by atoms with E-state index in [1.807, 2.05) is 51.1 Å². The van der Waals surface area contributed by atoms with E-state index < -0.39 is 5.41 Å². The van der Waals surface area contributed by atoms with Crippen LogP contribution >= 0.6 is 0 Å². The fraction of sp³-hybridized carbons (Fsp3) is 0.438. The van der Waals surface area contributed by atoms with Crippen molar-refractivity contribution in [3.05, 3.63) is 35.9 Å². The third-order valence-corrected chi connectivity index (χ3v) is 3.26. The van der Waals surface area contributed by atoms with Gasteiger partial charge in [0.05, 0.1) is 5.41 Å². The second kappa shape index (κ2) is 6.26. The highest BCUT2D eigenvalue weighted by molar-refractivity contribution is 5.87. The molecule has 1 N–H and O–H groups in total. The molecule has 0 fully saturated rings. The van der Waals surface area contributed by atoms with Gasteiger partial charge in [0.1, 0.15) is 0 Å². The van der Waals surface area contributed by atoms with Crippen molar-refractivity contribution in [1.29, 1.82) is 0 Å². The lowest BCUT2D eigenvalue weighted by atomic mass is 9.83. The lowest BCUT2D eigenvalue weighted by molar-refractivity contribution is -0.126. The van der Waals surface area contributed by atoms with E-state index in [9.17, 15) is 4.79 Å². The Morgan fingerprint density at radius 2 is 2.00 bits per heavy atom. The van der Waals surface area contributed by atoms with Gasteiger partial charge in [-0.05, 0) is 25.8 Å². The Balaban J connectivity index is 2.80. The van der Waals surface area contributed by atoms with Crippen molar-refractivity contribution in [2.75, 3.05) is 0 Å². The quantitative estimate of drug-likeness (QED) is 0.792. The number of amides is 1. The molecule has 1 atom stereocenters. The average Bonchev–Trinajstić information content (AvgIpc) is 2.39. The molecule has 0 aliphatic heterocycles. The van der Waals surface area contributed by atoms with E-state index >= 15 is 0 Å². The molecule has 1 aromatic rings. The zero-order valence-electron chi connectivity index (χ0n) is 11.4. The summed E-state index contributed by atoms with van der Waals surface area (Å²) < 4.78 is 0. The molecule has 2 nitrogen and oxygen atoms in total. The Morgan fingerprint density at radius 1 is 1.39 bits per heavy atom. The molecule has 0 aliphatic rings. The van der Waals surface area contributed by atoms with Gasteiger partial charge >= 0.3 is 0 Å². The van der Waals surface area contributed by atoms with Gasteiger partial charge in [0.25, 0.3) is 0 Å². The summed E-state index contributed by atoms with van der Waals surface area (Å²) >= 11 is 0. The number of benzene rings is 1. The molecule has 96 valence electrons. The zero-order chi connectivity index (χ0) is 13.6. The van der Waals surface area contributed by atoms with Crippen molar-refractivity contribution in [1.82, 2.24) is 5.32 Å². The molecule has 1 unspecified atom stereocenters. The molecule has 0 saturated carbocycles. The van der Waals surface area contributed by atoms with Crippen molar-refractivity contribution < 1.29 is 4.79 Å². The summed E-state index contributed by atoms with van der Waals surface area (Å²) in [7, 11) is 0. The summed E-state index contributed by atoms with van der Waals surface area (Å²) in [5, 5.41) is 3.02. The Hall–Kier alpha value is -1.75. The topological polar surface area (TPSA) is 29.1 Å². The SMILES string of the molecule is C#CCC(CC)NC(=O)C(C)(C)c1ccccc1. The second-order valence-electron chi connectivity index (χ2n) is 4.98. The Morgan fingerprint density at radius 3 is 2.50 bits per heavy atom. The van der Waals surface area contributed by atoms with Crippen LogP contribution in [0.2, 0.25) is 0 Å². The highest BCUT2D eigenvalue weighted by Gasteiger charge is 2.30. The van der Waals surface area contributed by atoms with Gasteiger partial charge in [-0.25, -0.2) is 0 Å². The third kappa shape index (κ3) is 3.37. The second-order valence-corrected chi connectivity index (χ2v) is 4.98. The van der Waals surface area contributed by atoms with Crippen LogP contribution in [0.1, 0.15) is 39.2 Å². The molecular formula is C16H21NO. The minimum absolute atomic E-state index is 0.0239. The van der Waals surface area contributed by atoms with E-state index in [4.69, 9.17) is 6.42 Å².